The zero-order valence-electron chi connectivity index (χ0n) is 17.4. The lowest BCUT2D eigenvalue weighted by Gasteiger charge is -2.11. The summed E-state index contributed by atoms with van der Waals surface area (Å²) in [6, 6.07) is 17.6. The van der Waals surface area contributed by atoms with Gasteiger partial charge in [-0.25, -0.2) is 9.48 Å². The number of nitrogens with one attached hydrogen (secondary N) is 1. The third-order valence-corrected chi connectivity index (χ3v) is 5.02. The first-order valence-electron chi connectivity index (χ1n) is 9.92. The number of hydrogen-bond acceptors (Lipinski definition) is 8. The van der Waals surface area contributed by atoms with Gasteiger partial charge < -0.3 is 19.2 Å². The van der Waals surface area contributed by atoms with E-state index in [1.807, 2.05) is 24.3 Å². The standard InChI is InChI=1S/C23H17N5O5/c1-31-21-10-17-16-4-2-3-5-19(16)33-20(17)11-18(21)25-22(29)12-32-23(30)14-6-8-15(9-7-14)28-13-24-26-27-28/h2-11,13H,12H2,1H3,(H,25,29). The maximum absolute atomic E-state index is 12.4. The van der Waals surface area contributed by atoms with Gasteiger partial charge in [-0.1, -0.05) is 18.2 Å². The zero-order valence-corrected chi connectivity index (χ0v) is 17.4. The van der Waals surface area contributed by atoms with Gasteiger partial charge in [0, 0.05) is 16.8 Å². The molecule has 0 saturated heterocycles. The van der Waals surface area contributed by atoms with Crippen LogP contribution < -0.4 is 10.1 Å². The molecule has 0 spiro atoms. The van der Waals surface area contributed by atoms with Gasteiger partial charge in [-0.05, 0) is 46.8 Å². The van der Waals surface area contributed by atoms with Crippen LogP contribution in [0.15, 0.2) is 71.4 Å². The Morgan fingerprint density at radius 1 is 1.03 bits per heavy atom. The summed E-state index contributed by atoms with van der Waals surface area (Å²) in [5, 5.41) is 15.4. The van der Waals surface area contributed by atoms with Gasteiger partial charge in [0.1, 0.15) is 23.2 Å². The summed E-state index contributed by atoms with van der Waals surface area (Å²) >= 11 is 0. The number of tetrazole rings is 1. The predicted molar refractivity (Wildman–Crippen MR) is 118 cm³/mol. The second kappa shape index (κ2) is 8.42. The second-order valence-corrected chi connectivity index (χ2v) is 7.07. The summed E-state index contributed by atoms with van der Waals surface area (Å²) in [6.07, 6.45) is 1.44. The topological polar surface area (TPSA) is 121 Å². The Morgan fingerprint density at radius 3 is 2.61 bits per heavy atom. The molecule has 0 radical (unpaired) electrons. The molecule has 5 aromatic rings. The molecule has 2 heterocycles. The second-order valence-electron chi connectivity index (χ2n) is 7.07. The van der Waals surface area contributed by atoms with Gasteiger partial charge in [-0.2, -0.15) is 0 Å². The summed E-state index contributed by atoms with van der Waals surface area (Å²) in [5.74, 6) is -0.678. The number of esters is 1. The normalized spacial score (nSPS) is 10.9. The maximum atomic E-state index is 12.4. The SMILES string of the molecule is COc1cc2c(cc1NC(=O)COC(=O)c1ccc(-n3cnnn3)cc1)oc1ccccc12. The van der Waals surface area contributed by atoms with Crippen molar-refractivity contribution in [1.82, 2.24) is 20.2 Å². The summed E-state index contributed by atoms with van der Waals surface area (Å²) < 4.78 is 17.9. The molecule has 0 saturated carbocycles. The highest BCUT2D eigenvalue weighted by Gasteiger charge is 2.16. The van der Waals surface area contributed by atoms with Crippen molar-refractivity contribution < 1.29 is 23.5 Å². The summed E-state index contributed by atoms with van der Waals surface area (Å²) in [6.45, 7) is -0.463. The molecule has 5 rings (SSSR count). The van der Waals surface area contributed by atoms with Crippen LogP contribution in [-0.2, 0) is 9.53 Å². The van der Waals surface area contributed by atoms with E-state index in [-0.39, 0.29) is 0 Å². The highest BCUT2D eigenvalue weighted by molar-refractivity contribution is 6.08. The number of rotatable bonds is 6. The molecule has 10 nitrogen and oxygen atoms in total. The molecule has 10 heteroatoms. The van der Waals surface area contributed by atoms with Gasteiger partial charge in [0.25, 0.3) is 5.91 Å². The molecule has 0 aliphatic heterocycles. The van der Waals surface area contributed by atoms with Gasteiger partial charge in [-0.3, -0.25) is 4.79 Å². The van der Waals surface area contributed by atoms with E-state index in [1.165, 1.54) is 18.1 Å². The van der Waals surface area contributed by atoms with Crippen LogP contribution >= 0.6 is 0 Å². The molecule has 2 aromatic heterocycles. The Bertz CT molecular complexity index is 1460. The summed E-state index contributed by atoms with van der Waals surface area (Å²) in [4.78, 5) is 24.7. The van der Waals surface area contributed by atoms with E-state index in [2.05, 4.69) is 20.8 Å². The van der Waals surface area contributed by atoms with Crippen LogP contribution in [0.1, 0.15) is 10.4 Å². The van der Waals surface area contributed by atoms with Crippen molar-refractivity contribution in [2.75, 3.05) is 19.0 Å². The van der Waals surface area contributed by atoms with Crippen molar-refractivity contribution in [3.63, 3.8) is 0 Å². The maximum Gasteiger partial charge on any atom is 0.338 e. The fourth-order valence-electron chi connectivity index (χ4n) is 3.45. The van der Waals surface area contributed by atoms with E-state index < -0.39 is 18.5 Å². The number of aromatic nitrogens is 4. The van der Waals surface area contributed by atoms with Gasteiger partial charge in [0.05, 0.1) is 24.0 Å². The Labute approximate surface area is 186 Å². The Balaban J connectivity index is 1.27. The van der Waals surface area contributed by atoms with Gasteiger partial charge in [-0.15, -0.1) is 5.10 Å². The summed E-state index contributed by atoms with van der Waals surface area (Å²) in [7, 11) is 1.51. The molecule has 0 aliphatic carbocycles. The first kappa shape index (κ1) is 20.2. The Hall–Kier alpha value is -4.73. The summed E-state index contributed by atoms with van der Waals surface area (Å²) in [5.41, 5.74) is 2.73. The number of nitrogens with zero attached hydrogens (tertiary/aromatic N) is 4. The molecule has 0 bridgehead atoms. The van der Waals surface area contributed by atoms with Crippen LogP contribution in [0.3, 0.4) is 0 Å². The third-order valence-electron chi connectivity index (χ3n) is 5.02. The minimum Gasteiger partial charge on any atom is -0.495 e. The molecule has 0 atom stereocenters. The first-order valence-corrected chi connectivity index (χ1v) is 9.92. The van der Waals surface area contributed by atoms with E-state index in [0.717, 1.165) is 16.4 Å². The largest absolute Gasteiger partial charge is 0.495 e. The number of ether oxygens (including phenoxy) is 2. The smallest absolute Gasteiger partial charge is 0.338 e. The molecule has 1 amide bonds. The molecular formula is C23H17N5O5. The number of hydrogen-bond donors (Lipinski definition) is 1. The number of benzene rings is 3. The molecule has 33 heavy (non-hydrogen) atoms. The molecule has 0 fully saturated rings. The number of para-hydroxylation sites is 1. The zero-order chi connectivity index (χ0) is 22.8. The van der Waals surface area contributed by atoms with Crippen molar-refractivity contribution in [3.8, 4) is 11.4 Å². The number of methoxy groups -OCH3 is 1. The number of furan rings is 1. The average molecular weight is 443 g/mol. The third kappa shape index (κ3) is 3.97. The van der Waals surface area contributed by atoms with E-state index in [9.17, 15) is 9.59 Å². The van der Waals surface area contributed by atoms with Crippen LogP contribution in [-0.4, -0.2) is 45.8 Å². The monoisotopic (exact) mass is 443 g/mol. The molecule has 0 aliphatic rings. The van der Waals surface area contributed by atoms with Crippen molar-refractivity contribution in [2.45, 2.75) is 0 Å². The number of anilines is 1. The van der Waals surface area contributed by atoms with E-state index in [4.69, 9.17) is 13.9 Å². The van der Waals surface area contributed by atoms with Crippen LogP contribution in [0.2, 0.25) is 0 Å². The predicted octanol–water partition coefficient (Wildman–Crippen LogP) is 3.37. The van der Waals surface area contributed by atoms with Crippen molar-refractivity contribution in [1.29, 1.82) is 0 Å². The van der Waals surface area contributed by atoms with E-state index in [1.54, 1.807) is 36.4 Å². The molecule has 1 N–H and O–H groups in total. The average Bonchev–Trinajstić information content (AvgIpc) is 3.50. The van der Waals surface area contributed by atoms with Crippen molar-refractivity contribution in [2.24, 2.45) is 0 Å². The van der Waals surface area contributed by atoms with Gasteiger partial charge in [0.15, 0.2) is 6.61 Å². The number of carbonyl (C=O) groups is 2. The molecular weight excluding hydrogens is 426 g/mol. The van der Waals surface area contributed by atoms with Crippen molar-refractivity contribution >= 4 is 39.5 Å². The van der Waals surface area contributed by atoms with E-state index in [0.29, 0.717) is 28.3 Å². The van der Waals surface area contributed by atoms with Crippen LogP contribution in [0.5, 0.6) is 5.75 Å². The van der Waals surface area contributed by atoms with Crippen molar-refractivity contribution in [3.05, 3.63) is 72.6 Å². The Morgan fingerprint density at radius 2 is 1.85 bits per heavy atom. The van der Waals surface area contributed by atoms with Gasteiger partial charge in [0.2, 0.25) is 0 Å². The quantitative estimate of drug-likeness (QED) is 0.397. The number of carbonyl (C=O) groups excluding carboxylic acids is 2. The van der Waals surface area contributed by atoms with Gasteiger partial charge >= 0.3 is 5.97 Å². The highest BCUT2D eigenvalue weighted by atomic mass is 16.5. The van der Waals surface area contributed by atoms with E-state index >= 15 is 0 Å². The fourth-order valence-corrected chi connectivity index (χ4v) is 3.45. The number of fused-ring (bicyclic) bond motifs is 3. The molecule has 0 unspecified atom stereocenters. The fraction of sp³-hybridized carbons (Fsp3) is 0.0870. The lowest BCUT2D eigenvalue weighted by molar-refractivity contribution is -0.119. The molecule has 3 aromatic carbocycles. The highest BCUT2D eigenvalue weighted by Crippen LogP contribution is 2.36. The minimum atomic E-state index is -0.631. The lowest BCUT2D eigenvalue weighted by atomic mass is 10.1. The van der Waals surface area contributed by atoms with Crippen LogP contribution in [0.25, 0.3) is 27.6 Å². The lowest BCUT2D eigenvalue weighted by Crippen LogP contribution is -2.21. The van der Waals surface area contributed by atoms with Crippen LogP contribution in [0.4, 0.5) is 5.69 Å². The Kier molecular flexibility index (Phi) is 5.15. The number of amides is 1. The molecule has 164 valence electrons. The first-order chi connectivity index (χ1) is 16.1. The van der Waals surface area contributed by atoms with Crippen LogP contribution in [0, 0.1) is 0 Å². The minimum absolute atomic E-state index is 0.293.